The van der Waals surface area contributed by atoms with Crippen molar-refractivity contribution in [1.29, 1.82) is 0 Å². The molecule has 0 aromatic heterocycles. The summed E-state index contributed by atoms with van der Waals surface area (Å²) in [5.74, 6) is 1.06. The predicted octanol–water partition coefficient (Wildman–Crippen LogP) is 5.88. The highest BCUT2D eigenvalue weighted by molar-refractivity contribution is 6.28. The summed E-state index contributed by atoms with van der Waals surface area (Å²) in [6, 6.07) is 11.6. The van der Waals surface area contributed by atoms with Gasteiger partial charge in [0.1, 0.15) is 5.75 Å². The minimum atomic E-state index is -0.343. The van der Waals surface area contributed by atoms with Crippen molar-refractivity contribution in [3.05, 3.63) is 30.3 Å². The van der Waals surface area contributed by atoms with Crippen LogP contribution in [0.15, 0.2) is 30.3 Å². The normalized spacial score (nSPS) is 11.3. The zero-order chi connectivity index (χ0) is 15.0. The molecule has 1 aromatic rings. The summed E-state index contributed by atoms with van der Waals surface area (Å²) in [7, 11) is -0.343. The minimum absolute atomic E-state index is 0.343. The van der Waals surface area contributed by atoms with Gasteiger partial charge in [0.2, 0.25) is 9.76 Å². The number of rotatable bonds is 14. The molecular weight excluding hydrogens is 272 g/mol. The van der Waals surface area contributed by atoms with Crippen LogP contribution in [0.4, 0.5) is 0 Å². The van der Waals surface area contributed by atoms with Crippen LogP contribution < -0.4 is 4.43 Å². The van der Waals surface area contributed by atoms with Crippen molar-refractivity contribution in [1.82, 2.24) is 0 Å². The van der Waals surface area contributed by atoms with Gasteiger partial charge in [-0.1, -0.05) is 95.8 Å². The molecule has 0 radical (unpaired) electrons. The topological polar surface area (TPSA) is 9.23 Å². The number of hydrogen-bond acceptors (Lipinski definition) is 1. The Morgan fingerprint density at radius 1 is 0.714 bits per heavy atom. The lowest BCUT2D eigenvalue weighted by atomic mass is 10.1. The molecule has 0 amide bonds. The second-order valence-corrected chi connectivity index (χ2v) is 7.45. The van der Waals surface area contributed by atoms with Gasteiger partial charge >= 0.3 is 0 Å². The Hall–Kier alpha value is -0.763. The Morgan fingerprint density at radius 3 is 1.81 bits per heavy atom. The van der Waals surface area contributed by atoms with Crippen LogP contribution in [0.5, 0.6) is 5.75 Å². The highest BCUT2D eigenvalue weighted by Crippen LogP contribution is 2.12. The third-order valence-electron chi connectivity index (χ3n) is 4.01. The van der Waals surface area contributed by atoms with Gasteiger partial charge in [0.25, 0.3) is 0 Å². The van der Waals surface area contributed by atoms with Crippen molar-refractivity contribution >= 4 is 9.76 Å². The fraction of sp³-hybridized carbons (Fsp3) is 0.684. The summed E-state index contributed by atoms with van der Waals surface area (Å²) < 4.78 is 5.84. The molecule has 1 rings (SSSR count). The minimum Gasteiger partial charge on any atom is -0.549 e. The Labute approximate surface area is 134 Å². The lowest BCUT2D eigenvalue weighted by Gasteiger charge is -2.05. The summed E-state index contributed by atoms with van der Waals surface area (Å²) in [5, 5.41) is 0. The van der Waals surface area contributed by atoms with Crippen molar-refractivity contribution in [2.75, 3.05) is 0 Å². The summed E-state index contributed by atoms with van der Waals surface area (Å²) in [6.07, 6.45) is 15.7. The number of hydrogen-bond donors (Lipinski definition) is 0. The van der Waals surface area contributed by atoms with Gasteiger partial charge in [-0.2, -0.15) is 0 Å². The standard InChI is InChI=1S/C19H34OSi/c1-2-3-4-5-6-7-8-9-10-11-15-18-21-20-19-16-13-12-14-17-19/h12-14,16-17H,2-11,15,18,21H2,1H3. The van der Waals surface area contributed by atoms with Crippen molar-refractivity contribution in [3.8, 4) is 5.75 Å². The van der Waals surface area contributed by atoms with E-state index < -0.39 is 0 Å². The summed E-state index contributed by atoms with van der Waals surface area (Å²) in [4.78, 5) is 0. The zero-order valence-corrected chi connectivity index (χ0v) is 15.4. The molecule has 0 unspecified atom stereocenters. The first-order valence-corrected chi connectivity index (χ1v) is 10.7. The highest BCUT2D eigenvalue weighted by atomic mass is 28.2. The predicted molar refractivity (Wildman–Crippen MR) is 96.9 cm³/mol. The number of benzene rings is 1. The fourth-order valence-electron chi connectivity index (χ4n) is 2.65. The first-order chi connectivity index (χ1) is 10.4. The van der Waals surface area contributed by atoms with Crippen LogP contribution in [0, 0.1) is 0 Å². The van der Waals surface area contributed by atoms with Crippen molar-refractivity contribution in [2.24, 2.45) is 0 Å². The van der Waals surface area contributed by atoms with Crippen molar-refractivity contribution < 1.29 is 4.43 Å². The van der Waals surface area contributed by atoms with Gasteiger partial charge in [-0.15, -0.1) is 0 Å². The van der Waals surface area contributed by atoms with Crippen LogP contribution in [-0.2, 0) is 0 Å². The fourth-order valence-corrected chi connectivity index (χ4v) is 3.78. The molecule has 0 saturated heterocycles. The smallest absolute Gasteiger partial charge is 0.219 e. The number of para-hydroxylation sites is 1. The number of unbranched alkanes of at least 4 members (excludes halogenated alkanes) is 10. The molecule has 2 heteroatoms. The van der Waals surface area contributed by atoms with Crippen LogP contribution in [0.3, 0.4) is 0 Å². The molecule has 21 heavy (non-hydrogen) atoms. The molecule has 0 saturated carbocycles. The van der Waals surface area contributed by atoms with E-state index in [1.165, 1.54) is 76.7 Å². The third-order valence-corrected chi connectivity index (χ3v) is 5.34. The molecule has 0 bridgehead atoms. The monoisotopic (exact) mass is 306 g/mol. The van der Waals surface area contributed by atoms with E-state index in [9.17, 15) is 0 Å². The maximum absolute atomic E-state index is 5.84. The van der Waals surface area contributed by atoms with E-state index in [0.717, 1.165) is 5.75 Å². The molecule has 0 N–H and O–H groups in total. The molecule has 120 valence electrons. The van der Waals surface area contributed by atoms with E-state index in [1.807, 2.05) is 18.2 Å². The Balaban J connectivity index is 1.75. The van der Waals surface area contributed by atoms with Crippen LogP contribution in [0.2, 0.25) is 6.04 Å². The van der Waals surface area contributed by atoms with E-state index in [2.05, 4.69) is 19.1 Å². The Bertz CT molecular complexity index is 313. The molecule has 0 aliphatic heterocycles. The Morgan fingerprint density at radius 2 is 1.24 bits per heavy atom. The van der Waals surface area contributed by atoms with Crippen LogP contribution in [0.25, 0.3) is 0 Å². The molecule has 0 fully saturated rings. The van der Waals surface area contributed by atoms with Crippen LogP contribution in [0.1, 0.15) is 77.6 Å². The second-order valence-electron chi connectivity index (χ2n) is 6.05. The average Bonchev–Trinajstić information content (AvgIpc) is 2.53. The average molecular weight is 307 g/mol. The van der Waals surface area contributed by atoms with E-state index in [0.29, 0.717) is 0 Å². The van der Waals surface area contributed by atoms with Gasteiger partial charge in [-0.25, -0.2) is 0 Å². The SMILES string of the molecule is CCCCCCCCCCCCC[SiH2]Oc1ccccc1. The van der Waals surface area contributed by atoms with Gasteiger partial charge < -0.3 is 4.43 Å². The van der Waals surface area contributed by atoms with Crippen molar-refractivity contribution in [3.63, 3.8) is 0 Å². The molecular formula is C19H34OSi. The molecule has 0 heterocycles. The van der Waals surface area contributed by atoms with Crippen LogP contribution >= 0.6 is 0 Å². The first-order valence-electron chi connectivity index (χ1n) is 9.11. The van der Waals surface area contributed by atoms with Gasteiger partial charge in [0.15, 0.2) is 0 Å². The molecule has 1 aromatic carbocycles. The molecule has 0 spiro atoms. The lowest BCUT2D eigenvalue weighted by molar-refractivity contribution is 0.549. The van der Waals surface area contributed by atoms with Gasteiger partial charge in [0.05, 0.1) is 0 Å². The van der Waals surface area contributed by atoms with E-state index in [1.54, 1.807) is 0 Å². The lowest BCUT2D eigenvalue weighted by Crippen LogP contribution is -2.00. The third kappa shape index (κ3) is 11.6. The summed E-state index contributed by atoms with van der Waals surface area (Å²) in [6.45, 7) is 2.29. The van der Waals surface area contributed by atoms with E-state index in [4.69, 9.17) is 4.43 Å². The van der Waals surface area contributed by atoms with Gasteiger partial charge in [-0.3, -0.25) is 0 Å². The quantitative estimate of drug-likeness (QED) is 0.308. The van der Waals surface area contributed by atoms with Gasteiger partial charge in [-0.05, 0) is 18.2 Å². The molecule has 0 atom stereocenters. The first kappa shape index (κ1) is 18.3. The van der Waals surface area contributed by atoms with Gasteiger partial charge in [0, 0.05) is 0 Å². The maximum Gasteiger partial charge on any atom is 0.219 e. The zero-order valence-electron chi connectivity index (χ0n) is 14.0. The molecule has 0 aliphatic rings. The second kappa shape index (κ2) is 14.2. The maximum atomic E-state index is 5.84. The van der Waals surface area contributed by atoms with E-state index in [-0.39, 0.29) is 9.76 Å². The molecule has 1 nitrogen and oxygen atoms in total. The Kier molecular flexibility index (Phi) is 12.4. The van der Waals surface area contributed by atoms with Crippen molar-refractivity contribution in [2.45, 2.75) is 83.6 Å². The highest BCUT2D eigenvalue weighted by Gasteiger charge is 1.95. The summed E-state index contributed by atoms with van der Waals surface area (Å²) in [5.41, 5.74) is 0. The molecule has 0 aliphatic carbocycles. The van der Waals surface area contributed by atoms with E-state index >= 15 is 0 Å². The summed E-state index contributed by atoms with van der Waals surface area (Å²) >= 11 is 0. The largest absolute Gasteiger partial charge is 0.549 e. The van der Waals surface area contributed by atoms with Crippen LogP contribution in [-0.4, -0.2) is 9.76 Å².